The maximum absolute atomic E-state index is 12.4. The van der Waals surface area contributed by atoms with Gasteiger partial charge in [-0.05, 0) is 86.4 Å². The fraction of sp³-hybridized carbons (Fsp3) is 0.500. The SMILES string of the molecule is CCN(C)CC(=O)CC1CCC(c2ccc3[nH]c(-c4cc(OC)c5ncnn5c4)c(C(C)C)c3c2)CC1. The van der Waals surface area contributed by atoms with Gasteiger partial charge in [-0.2, -0.15) is 5.10 Å². The molecule has 1 aliphatic rings. The Labute approximate surface area is 219 Å². The highest BCUT2D eigenvalue weighted by Gasteiger charge is 2.26. The van der Waals surface area contributed by atoms with E-state index in [0.717, 1.165) is 55.4 Å². The highest BCUT2D eigenvalue weighted by atomic mass is 16.5. The molecule has 4 aromatic rings. The number of carbonyl (C=O) groups is 1. The van der Waals surface area contributed by atoms with Gasteiger partial charge in [-0.1, -0.05) is 26.8 Å². The predicted octanol–water partition coefficient (Wildman–Crippen LogP) is 6.19. The molecule has 7 heteroatoms. The number of likely N-dealkylation sites (N-methyl/N-ethyl adjacent to an activating group) is 1. The second-order valence-electron chi connectivity index (χ2n) is 11.0. The Morgan fingerprint density at radius 2 is 2.00 bits per heavy atom. The molecule has 0 saturated heterocycles. The lowest BCUT2D eigenvalue weighted by molar-refractivity contribution is -0.121. The first-order valence-corrected chi connectivity index (χ1v) is 13.6. The Bertz CT molecular complexity index is 1390. The van der Waals surface area contributed by atoms with Crippen LogP contribution in [0, 0.1) is 5.92 Å². The number of hydrogen-bond acceptors (Lipinski definition) is 5. The van der Waals surface area contributed by atoms with E-state index in [1.165, 1.54) is 16.5 Å². The van der Waals surface area contributed by atoms with Crippen LogP contribution >= 0.6 is 0 Å². The minimum absolute atomic E-state index is 0.347. The molecular formula is C30H39N5O2. The van der Waals surface area contributed by atoms with Crippen molar-refractivity contribution in [2.45, 2.75) is 64.7 Å². The molecule has 0 atom stereocenters. The number of Topliss-reactive ketones (excluding diaryl/α,β-unsaturated/α-hetero) is 1. The Morgan fingerprint density at radius 1 is 1.22 bits per heavy atom. The van der Waals surface area contributed by atoms with Crippen LogP contribution in [-0.4, -0.2) is 57.5 Å². The van der Waals surface area contributed by atoms with Crippen molar-refractivity contribution in [3.05, 3.63) is 47.9 Å². The van der Waals surface area contributed by atoms with Gasteiger partial charge in [0.2, 0.25) is 0 Å². The van der Waals surface area contributed by atoms with E-state index in [0.29, 0.717) is 41.5 Å². The molecule has 5 rings (SSSR count). The number of pyridine rings is 1. The van der Waals surface area contributed by atoms with Gasteiger partial charge in [0.1, 0.15) is 12.1 Å². The lowest BCUT2D eigenvalue weighted by Gasteiger charge is -2.29. The first kappa shape index (κ1) is 25.5. The number of ether oxygens (including phenoxy) is 1. The third-order valence-corrected chi connectivity index (χ3v) is 8.11. The summed E-state index contributed by atoms with van der Waals surface area (Å²) in [4.78, 5) is 22.5. The molecule has 0 radical (unpaired) electrons. The summed E-state index contributed by atoms with van der Waals surface area (Å²) in [5.74, 6) is 2.53. The maximum Gasteiger partial charge on any atom is 0.197 e. The average Bonchev–Trinajstić information content (AvgIpc) is 3.52. The predicted molar refractivity (Wildman–Crippen MR) is 148 cm³/mol. The number of methoxy groups -OCH3 is 1. The van der Waals surface area contributed by atoms with Crippen LogP contribution in [0.25, 0.3) is 27.8 Å². The van der Waals surface area contributed by atoms with E-state index in [-0.39, 0.29) is 0 Å². The van der Waals surface area contributed by atoms with Crippen LogP contribution in [0.15, 0.2) is 36.8 Å². The third kappa shape index (κ3) is 5.14. The zero-order chi connectivity index (χ0) is 26.1. The van der Waals surface area contributed by atoms with Crippen molar-refractivity contribution in [1.82, 2.24) is 24.5 Å². The summed E-state index contributed by atoms with van der Waals surface area (Å²) >= 11 is 0. The van der Waals surface area contributed by atoms with Crippen molar-refractivity contribution < 1.29 is 9.53 Å². The molecule has 0 amide bonds. The number of nitrogens with one attached hydrogen (secondary N) is 1. The largest absolute Gasteiger partial charge is 0.493 e. The van der Waals surface area contributed by atoms with Gasteiger partial charge in [-0.3, -0.25) is 9.69 Å². The van der Waals surface area contributed by atoms with Gasteiger partial charge in [0.15, 0.2) is 11.4 Å². The Hall–Kier alpha value is -3.19. The summed E-state index contributed by atoms with van der Waals surface area (Å²) in [5, 5.41) is 5.64. The number of aromatic amines is 1. The quantitative estimate of drug-likeness (QED) is 0.296. The monoisotopic (exact) mass is 501 g/mol. The summed E-state index contributed by atoms with van der Waals surface area (Å²) in [6, 6.07) is 8.98. The van der Waals surface area contributed by atoms with Gasteiger partial charge in [-0.25, -0.2) is 9.50 Å². The zero-order valence-corrected chi connectivity index (χ0v) is 22.8. The first-order valence-electron chi connectivity index (χ1n) is 13.6. The zero-order valence-electron chi connectivity index (χ0n) is 22.8. The Kier molecular flexibility index (Phi) is 7.33. The number of H-pyrrole nitrogens is 1. The Morgan fingerprint density at radius 3 is 2.70 bits per heavy atom. The number of fused-ring (bicyclic) bond motifs is 2. The van der Waals surface area contributed by atoms with Crippen LogP contribution in [-0.2, 0) is 4.79 Å². The number of hydrogen-bond donors (Lipinski definition) is 1. The fourth-order valence-electron chi connectivity index (χ4n) is 5.99. The second-order valence-corrected chi connectivity index (χ2v) is 11.0. The number of ketones is 1. The fourth-order valence-corrected chi connectivity index (χ4v) is 5.99. The summed E-state index contributed by atoms with van der Waals surface area (Å²) < 4.78 is 7.39. The molecule has 3 aromatic heterocycles. The molecule has 1 fully saturated rings. The molecule has 0 bridgehead atoms. The molecule has 1 aliphatic carbocycles. The van der Waals surface area contributed by atoms with Gasteiger partial charge >= 0.3 is 0 Å². The lowest BCUT2D eigenvalue weighted by atomic mass is 9.76. The number of benzene rings is 1. The Balaban J connectivity index is 1.39. The molecule has 3 heterocycles. The van der Waals surface area contributed by atoms with Crippen molar-refractivity contribution in [1.29, 1.82) is 0 Å². The highest BCUT2D eigenvalue weighted by molar-refractivity contribution is 5.92. The van der Waals surface area contributed by atoms with E-state index in [4.69, 9.17) is 4.74 Å². The van der Waals surface area contributed by atoms with Crippen molar-refractivity contribution in [2.24, 2.45) is 5.92 Å². The summed E-state index contributed by atoms with van der Waals surface area (Å²) in [5.41, 5.74) is 6.75. The van der Waals surface area contributed by atoms with Crippen molar-refractivity contribution in [2.75, 3.05) is 27.2 Å². The van der Waals surface area contributed by atoms with Crippen molar-refractivity contribution in [3.63, 3.8) is 0 Å². The van der Waals surface area contributed by atoms with Crippen LogP contribution in [0.3, 0.4) is 0 Å². The molecule has 0 spiro atoms. The van der Waals surface area contributed by atoms with Crippen LogP contribution in [0.1, 0.15) is 75.8 Å². The molecule has 196 valence electrons. The van der Waals surface area contributed by atoms with E-state index in [9.17, 15) is 4.79 Å². The molecule has 1 aromatic carbocycles. The highest BCUT2D eigenvalue weighted by Crippen LogP contribution is 2.41. The van der Waals surface area contributed by atoms with E-state index < -0.39 is 0 Å². The van der Waals surface area contributed by atoms with E-state index in [1.54, 1.807) is 18.0 Å². The molecule has 7 nitrogen and oxygen atoms in total. The first-order chi connectivity index (χ1) is 17.9. The van der Waals surface area contributed by atoms with Gasteiger partial charge in [-0.15, -0.1) is 0 Å². The molecule has 0 aliphatic heterocycles. The number of nitrogens with zero attached hydrogens (tertiary/aromatic N) is 4. The van der Waals surface area contributed by atoms with E-state index in [2.05, 4.69) is 58.9 Å². The van der Waals surface area contributed by atoms with Crippen LogP contribution in [0.5, 0.6) is 5.75 Å². The van der Waals surface area contributed by atoms with Gasteiger partial charge in [0.25, 0.3) is 0 Å². The third-order valence-electron chi connectivity index (χ3n) is 8.11. The number of carbonyl (C=O) groups excluding carboxylic acids is 1. The minimum atomic E-state index is 0.347. The summed E-state index contributed by atoms with van der Waals surface area (Å²) in [6.45, 7) is 8.10. The summed E-state index contributed by atoms with van der Waals surface area (Å²) in [7, 11) is 3.69. The van der Waals surface area contributed by atoms with Crippen LogP contribution < -0.4 is 4.74 Å². The number of rotatable bonds is 9. The van der Waals surface area contributed by atoms with Gasteiger partial charge in [0, 0.05) is 29.1 Å². The normalized spacial score (nSPS) is 18.4. The molecular weight excluding hydrogens is 462 g/mol. The molecule has 37 heavy (non-hydrogen) atoms. The molecule has 0 unspecified atom stereocenters. The second kappa shape index (κ2) is 10.7. The topological polar surface area (TPSA) is 75.5 Å². The van der Waals surface area contributed by atoms with Crippen molar-refractivity contribution in [3.8, 4) is 17.0 Å². The maximum atomic E-state index is 12.4. The van der Waals surface area contributed by atoms with Crippen molar-refractivity contribution >= 4 is 22.3 Å². The number of aromatic nitrogens is 4. The standard InChI is InChI=1S/C30H39N5O2/c1-6-34(4)17-24(36)13-20-7-9-21(10-8-20)22-11-12-26-25(14-22)28(19(2)3)29(33-26)23-15-27(37-5)30-31-18-32-35(30)16-23/h11-12,14-16,18-21,33H,6-10,13,17H2,1-5H3. The lowest BCUT2D eigenvalue weighted by Crippen LogP contribution is -2.27. The van der Waals surface area contributed by atoms with Gasteiger partial charge in [0.05, 0.1) is 19.3 Å². The van der Waals surface area contributed by atoms with Crippen LogP contribution in [0.2, 0.25) is 0 Å². The smallest absolute Gasteiger partial charge is 0.197 e. The minimum Gasteiger partial charge on any atom is -0.493 e. The van der Waals surface area contributed by atoms with Gasteiger partial charge < -0.3 is 9.72 Å². The molecule has 1 N–H and O–H groups in total. The molecule has 1 saturated carbocycles. The average molecular weight is 502 g/mol. The van der Waals surface area contributed by atoms with E-state index >= 15 is 0 Å². The van der Waals surface area contributed by atoms with E-state index in [1.807, 2.05) is 19.3 Å². The summed E-state index contributed by atoms with van der Waals surface area (Å²) in [6.07, 6.45) is 8.88. The van der Waals surface area contributed by atoms with Crippen LogP contribution in [0.4, 0.5) is 0 Å².